The first-order valence-corrected chi connectivity index (χ1v) is 8.15. The molecule has 2 fully saturated rings. The van der Waals surface area contributed by atoms with Gasteiger partial charge in [-0.3, -0.25) is 0 Å². The van der Waals surface area contributed by atoms with Crippen molar-refractivity contribution < 1.29 is 9.47 Å². The standard InChI is InChI=1S/C17H26N2O2/c1-14-6-5-7-15(9-10-17(2)20-12-13-21-17)19(14)16-8-3-4-11-18-16/h3-4,8,11,14-15H,5-7,9-10,12-13H2,1-2H3. The van der Waals surface area contributed by atoms with Gasteiger partial charge < -0.3 is 14.4 Å². The van der Waals surface area contributed by atoms with Gasteiger partial charge in [0.25, 0.3) is 0 Å². The predicted molar refractivity (Wildman–Crippen MR) is 83.4 cm³/mol. The van der Waals surface area contributed by atoms with Crippen LogP contribution in [-0.4, -0.2) is 36.1 Å². The van der Waals surface area contributed by atoms with Crippen LogP contribution in [0.5, 0.6) is 0 Å². The summed E-state index contributed by atoms with van der Waals surface area (Å²) >= 11 is 0. The maximum Gasteiger partial charge on any atom is 0.165 e. The van der Waals surface area contributed by atoms with Gasteiger partial charge in [-0.2, -0.15) is 0 Å². The number of ether oxygens (including phenoxy) is 2. The highest BCUT2D eigenvalue weighted by Gasteiger charge is 2.34. The third-order valence-electron chi connectivity index (χ3n) is 4.77. The molecule has 2 unspecified atom stereocenters. The van der Waals surface area contributed by atoms with Gasteiger partial charge >= 0.3 is 0 Å². The number of anilines is 1. The molecule has 0 N–H and O–H groups in total. The molecule has 0 amide bonds. The summed E-state index contributed by atoms with van der Waals surface area (Å²) in [4.78, 5) is 7.07. The Balaban J connectivity index is 1.69. The van der Waals surface area contributed by atoms with E-state index in [9.17, 15) is 0 Å². The lowest BCUT2D eigenvalue weighted by molar-refractivity contribution is -0.148. The van der Waals surface area contributed by atoms with Crippen LogP contribution in [0.3, 0.4) is 0 Å². The van der Waals surface area contributed by atoms with Gasteiger partial charge in [0.2, 0.25) is 0 Å². The van der Waals surface area contributed by atoms with Crippen molar-refractivity contribution >= 4 is 5.82 Å². The Morgan fingerprint density at radius 3 is 2.81 bits per heavy atom. The van der Waals surface area contributed by atoms with Crippen LogP contribution in [-0.2, 0) is 9.47 Å². The molecule has 116 valence electrons. The fourth-order valence-corrected chi connectivity index (χ4v) is 3.62. The maximum atomic E-state index is 5.74. The van der Waals surface area contributed by atoms with Gasteiger partial charge in [-0.05, 0) is 51.7 Å². The fourth-order valence-electron chi connectivity index (χ4n) is 3.62. The number of rotatable bonds is 4. The van der Waals surface area contributed by atoms with Crippen molar-refractivity contribution in [1.29, 1.82) is 0 Å². The zero-order valence-electron chi connectivity index (χ0n) is 13.1. The average Bonchev–Trinajstić information content (AvgIpc) is 2.93. The van der Waals surface area contributed by atoms with Crippen LogP contribution in [0.25, 0.3) is 0 Å². The summed E-state index contributed by atoms with van der Waals surface area (Å²) in [6.45, 7) is 5.82. The van der Waals surface area contributed by atoms with Crippen molar-refractivity contribution in [1.82, 2.24) is 4.98 Å². The van der Waals surface area contributed by atoms with Crippen LogP contribution >= 0.6 is 0 Å². The van der Waals surface area contributed by atoms with E-state index in [1.165, 1.54) is 19.3 Å². The number of pyridine rings is 1. The molecule has 2 saturated heterocycles. The summed E-state index contributed by atoms with van der Waals surface area (Å²) in [7, 11) is 0. The number of piperidine rings is 1. The molecule has 2 aliphatic rings. The van der Waals surface area contributed by atoms with Crippen molar-refractivity contribution in [2.45, 2.75) is 63.8 Å². The molecular weight excluding hydrogens is 264 g/mol. The zero-order chi connectivity index (χ0) is 14.7. The second-order valence-corrected chi connectivity index (χ2v) is 6.40. The Morgan fingerprint density at radius 2 is 2.10 bits per heavy atom. The third-order valence-corrected chi connectivity index (χ3v) is 4.77. The van der Waals surface area contributed by atoms with Gasteiger partial charge in [0, 0.05) is 24.7 Å². The first-order valence-electron chi connectivity index (χ1n) is 8.15. The molecule has 0 aliphatic carbocycles. The Morgan fingerprint density at radius 1 is 1.29 bits per heavy atom. The lowest BCUT2D eigenvalue weighted by Gasteiger charge is -2.42. The molecule has 1 aromatic rings. The lowest BCUT2D eigenvalue weighted by atomic mass is 9.92. The minimum atomic E-state index is -0.379. The predicted octanol–water partition coefficient (Wildman–Crippen LogP) is 3.37. The number of hydrogen-bond donors (Lipinski definition) is 0. The first-order chi connectivity index (χ1) is 10.2. The van der Waals surface area contributed by atoms with E-state index >= 15 is 0 Å². The Labute approximate surface area is 127 Å². The third kappa shape index (κ3) is 3.38. The van der Waals surface area contributed by atoms with E-state index in [4.69, 9.17) is 9.47 Å². The van der Waals surface area contributed by atoms with Gasteiger partial charge in [-0.1, -0.05) is 6.07 Å². The second kappa shape index (κ2) is 6.32. The summed E-state index contributed by atoms with van der Waals surface area (Å²) in [5.41, 5.74) is 0. The number of nitrogens with zero attached hydrogens (tertiary/aromatic N) is 2. The topological polar surface area (TPSA) is 34.6 Å². The van der Waals surface area contributed by atoms with Gasteiger partial charge in [-0.15, -0.1) is 0 Å². The maximum absolute atomic E-state index is 5.74. The monoisotopic (exact) mass is 290 g/mol. The number of hydrogen-bond acceptors (Lipinski definition) is 4. The van der Waals surface area contributed by atoms with E-state index in [1.807, 2.05) is 12.3 Å². The lowest BCUT2D eigenvalue weighted by Crippen LogP contribution is -2.46. The summed E-state index contributed by atoms with van der Waals surface area (Å²) in [6.07, 6.45) is 7.71. The van der Waals surface area contributed by atoms with Gasteiger partial charge in [-0.25, -0.2) is 4.98 Å². The quantitative estimate of drug-likeness (QED) is 0.851. The molecule has 3 heterocycles. The smallest absolute Gasteiger partial charge is 0.165 e. The Bertz CT molecular complexity index is 445. The van der Waals surface area contributed by atoms with Crippen LogP contribution in [0.4, 0.5) is 5.82 Å². The van der Waals surface area contributed by atoms with E-state index in [0.717, 1.165) is 31.9 Å². The van der Waals surface area contributed by atoms with E-state index in [0.29, 0.717) is 12.1 Å². The molecule has 4 nitrogen and oxygen atoms in total. The van der Waals surface area contributed by atoms with Crippen LogP contribution < -0.4 is 4.90 Å². The SMILES string of the molecule is CC1CCCC(CCC2(C)OCCO2)N1c1ccccn1. The van der Waals surface area contributed by atoms with E-state index in [2.05, 4.69) is 35.9 Å². The zero-order valence-corrected chi connectivity index (χ0v) is 13.1. The van der Waals surface area contributed by atoms with E-state index < -0.39 is 0 Å². The molecule has 0 radical (unpaired) electrons. The molecule has 4 heteroatoms. The number of aromatic nitrogens is 1. The summed E-state index contributed by atoms with van der Waals surface area (Å²) in [6, 6.07) is 7.27. The largest absolute Gasteiger partial charge is 0.351 e. The molecule has 0 spiro atoms. The normalized spacial score (nSPS) is 28.8. The van der Waals surface area contributed by atoms with Crippen molar-refractivity contribution in [2.24, 2.45) is 0 Å². The van der Waals surface area contributed by atoms with Crippen molar-refractivity contribution in [3.8, 4) is 0 Å². The van der Waals surface area contributed by atoms with Crippen LogP contribution in [0, 0.1) is 0 Å². The minimum absolute atomic E-state index is 0.379. The molecule has 3 rings (SSSR count). The summed E-state index contributed by atoms with van der Waals surface area (Å²) in [5.74, 6) is 0.726. The fraction of sp³-hybridized carbons (Fsp3) is 0.706. The highest BCUT2D eigenvalue weighted by atomic mass is 16.7. The Hall–Kier alpha value is -1.13. The average molecular weight is 290 g/mol. The molecule has 0 bridgehead atoms. The summed E-state index contributed by atoms with van der Waals surface area (Å²) < 4.78 is 11.5. The highest BCUT2D eigenvalue weighted by Crippen LogP contribution is 2.33. The summed E-state index contributed by atoms with van der Waals surface area (Å²) in [5, 5.41) is 0. The van der Waals surface area contributed by atoms with Crippen LogP contribution in [0.2, 0.25) is 0 Å². The van der Waals surface area contributed by atoms with Crippen molar-refractivity contribution in [3.05, 3.63) is 24.4 Å². The van der Waals surface area contributed by atoms with Crippen molar-refractivity contribution in [2.75, 3.05) is 18.1 Å². The molecule has 0 saturated carbocycles. The molecule has 2 aliphatic heterocycles. The first kappa shape index (κ1) is 14.8. The van der Waals surface area contributed by atoms with E-state index in [1.54, 1.807) is 0 Å². The molecular formula is C17H26N2O2. The molecule has 0 aromatic carbocycles. The van der Waals surface area contributed by atoms with Crippen LogP contribution in [0.1, 0.15) is 46.0 Å². The second-order valence-electron chi connectivity index (χ2n) is 6.40. The van der Waals surface area contributed by atoms with Gasteiger partial charge in [0.1, 0.15) is 5.82 Å². The van der Waals surface area contributed by atoms with Crippen molar-refractivity contribution in [3.63, 3.8) is 0 Å². The van der Waals surface area contributed by atoms with Gasteiger partial charge in [0.15, 0.2) is 5.79 Å². The molecule has 21 heavy (non-hydrogen) atoms. The molecule has 2 atom stereocenters. The highest BCUT2D eigenvalue weighted by molar-refractivity contribution is 5.41. The van der Waals surface area contributed by atoms with Gasteiger partial charge in [0.05, 0.1) is 13.2 Å². The molecule has 1 aromatic heterocycles. The van der Waals surface area contributed by atoms with Crippen LogP contribution in [0.15, 0.2) is 24.4 Å². The Kier molecular flexibility index (Phi) is 4.45. The minimum Gasteiger partial charge on any atom is -0.351 e. The van der Waals surface area contributed by atoms with E-state index in [-0.39, 0.29) is 5.79 Å².